The van der Waals surface area contributed by atoms with Crippen molar-refractivity contribution in [2.45, 2.75) is 102 Å². The molecule has 1 N–H and O–H groups in total. The predicted molar refractivity (Wildman–Crippen MR) is 80.9 cm³/mol. The van der Waals surface area contributed by atoms with E-state index in [4.69, 9.17) is 14.6 Å². The Morgan fingerprint density at radius 1 is 0.700 bits per heavy atom. The van der Waals surface area contributed by atoms with Gasteiger partial charge in [0.05, 0.1) is 24.9 Å². The molecule has 3 heteroatoms. The molecule has 0 unspecified atom stereocenters. The average Bonchev–Trinajstić information content (AvgIpc) is 3.36. The van der Waals surface area contributed by atoms with Gasteiger partial charge in [-0.2, -0.15) is 0 Å². The first kappa shape index (κ1) is 16.3. The van der Waals surface area contributed by atoms with Gasteiger partial charge in [0, 0.05) is 6.42 Å². The van der Waals surface area contributed by atoms with E-state index in [1.165, 1.54) is 64.2 Å². The number of epoxide rings is 2. The minimum Gasteiger partial charge on any atom is -0.394 e. The molecule has 20 heavy (non-hydrogen) atoms. The van der Waals surface area contributed by atoms with Crippen LogP contribution in [0.4, 0.5) is 0 Å². The van der Waals surface area contributed by atoms with Crippen molar-refractivity contribution in [2.75, 3.05) is 6.61 Å². The van der Waals surface area contributed by atoms with Gasteiger partial charge in [-0.15, -0.1) is 0 Å². The molecule has 0 aromatic rings. The van der Waals surface area contributed by atoms with E-state index in [0.717, 1.165) is 6.42 Å². The zero-order chi connectivity index (χ0) is 14.2. The lowest BCUT2D eigenvalue weighted by Crippen LogP contribution is -2.04. The van der Waals surface area contributed by atoms with Crippen LogP contribution in [0.1, 0.15) is 77.6 Å². The van der Waals surface area contributed by atoms with E-state index in [9.17, 15) is 0 Å². The molecule has 0 bridgehead atoms. The molecular formula is C17H32O3. The Kier molecular flexibility index (Phi) is 7.32. The lowest BCUT2D eigenvalue weighted by atomic mass is 10.0. The Labute approximate surface area is 124 Å². The molecule has 0 spiro atoms. The maximum Gasteiger partial charge on any atom is 0.107 e. The first-order valence-corrected chi connectivity index (χ1v) is 8.77. The first-order valence-electron chi connectivity index (χ1n) is 8.77. The number of ether oxygens (including phenoxy) is 2. The van der Waals surface area contributed by atoms with Crippen LogP contribution in [0.2, 0.25) is 0 Å². The predicted octanol–water partition coefficient (Wildman–Crippen LogP) is 3.82. The third-order valence-corrected chi connectivity index (χ3v) is 4.61. The van der Waals surface area contributed by atoms with Crippen LogP contribution in [0.3, 0.4) is 0 Å². The molecule has 0 aromatic heterocycles. The molecule has 2 aliphatic rings. The summed E-state index contributed by atoms with van der Waals surface area (Å²) < 4.78 is 11.0. The molecule has 4 atom stereocenters. The van der Waals surface area contributed by atoms with Crippen molar-refractivity contribution in [3.8, 4) is 0 Å². The quantitative estimate of drug-likeness (QED) is 0.413. The standard InChI is InChI=1S/C17H32O3/c1-2-3-4-5-6-7-8-9-10-11-14-15(19-14)12-16-17(13-18)20-16/h14-18H,2-13H2,1H3/t14-,15+,16+,17-/m0/s1. The van der Waals surface area contributed by atoms with Gasteiger partial charge in [-0.1, -0.05) is 64.7 Å². The first-order chi connectivity index (χ1) is 9.85. The molecule has 2 rings (SSSR count). The summed E-state index contributed by atoms with van der Waals surface area (Å²) in [6, 6.07) is 0. The van der Waals surface area contributed by atoms with Crippen LogP contribution in [0.15, 0.2) is 0 Å². The molecule has 2 heterocycles. The van der Waals surface area contributed by atoms with Gasteiger partial charge in [-0.25, -0.2) is 0 Å². The van der Waals surface area contributed by atoms with E-state index < -0.39 is 0 Å². The minimum absolute atomic E-state index is 0.104. The second-order valence-corrected chi connectivity index (χ2v) is 6.46. The second kappa shape index (κ2) is 9.01. The molecular weight excluding hydrogens is 252 g/mol. The van der Waals surface area contributed by atoms with Crippen molar-refractivity contribution >= 4 is 0 Å². The Hall–Kier alpha value is -0.120. The molecule has 0 amide bonds. The average molecular weight is 284 g/mol. The molecule has 2 saturated heterocycles. The fourth-order valence-corrected chi connectivity index (χ4v) is 3.07. The van der Waals surface area contributed by atoms with Crippen molar-refractivity contribution < 1.29 is 14.6 Å². The van der Waals surface area contributed by atoms with Crippen molar-refractivity contribution in [3.05, 3.63) is 0 Å². The zero-order valence-electron chi connectivity index (χ0n) is 13.1. The molecule has 0 saturated carbocycles. The van der Waals surface area contributed by atoms with Crippen LogP contribution in [0, 0.1) is 0 Å². The normalized spacial score (nSPS) is 31.5. The smallest absolute Gasteiger partial charge is 0.107 e. The lowest BCUT2D eigenvalue weighted by molar-refractivity contribution is 0.241. The van der Waals surface area contributed by atoms with Crippen molar-refractivity contribution in [3.63, 3.8) is 0 Å². The van der Waals surface area contributed by atoms with Crippen LogP contribution >= 0.6 is 0 Å². The Morgan fingerprint density at radius 3 is 1.85 bits per heavy atom. The Morgan fingerprint density at radius 2 is 1.25 bits per heavy atom. The van der Waals surface area contributed by atoms with E-state index in [1.807, 2.05) is 0 Å². The molecule has 2 fully saturated rings. The number of rotatable bonds is 13. The van der Waals surface area contributed by atoms with E-state index in [1.54, 1.807) is 0 Å². The van der Waals surface area contributed by atoms with Gasteiger partial charge in [0.25, 0.3) is 0 Å². The van der Waals surface area contributed by atoms with Gasteiger partial charge >= 0.3 is 0 Å². The number of unbranched alkanes of at least 4 members (excludes halogenated alkanes) is 8. The van der Waals surface area contributed by atoms with Crippen LogP contribution < -0.4 is 0 Å². The number of hydrogen-bond acceptors (Lipinski definition) is 3. The van der Waals surface area contributed by atoms with Crippen molar-refractivity contribution in [1.82, 2.24) is 0 Å². The van der Waals surface area contributed by atoms with Gasteiger partial charge in [0.1, 0.15) is 6.10 Å². The summed E-state index contributed by atoms with van der Waals surface area (Å²) in [5, 5.41) is 8.90. The largest absolute Gasteiger partial charge is 0.394 e. The van der Waals surface area contributed by atoms with Crippen molar-refractivity contribution in [1.29, 1.82) is 0 Å². The summed E-state index contributed by atoms with van der Waals surface area (Å²) in [6.45, 7) is 2.44. The zero-order valence-corrected chi connectivity index (χ0v) is 13.1. The Bertz CT molecular complexity index is 257. The summed E-state index contributed by atoms with van der Waals surface area (Å²) in [6.07, 6.45) is 16.0. The highest BCUT2D eigenvalue weighted by molar-refractivity contribution is 4.94. The minimum atomic E-state index is 0.104. The SMILES string of the molecule is CCCCCCCCCCC[C@@H]1O[C@@H]1C[C@H]1O[C@H]1CO. The summed E-state index contributed by atoms with van der Waals surface area (Å²) >= 11 is 0. The molecule has 2 aliphatic heterocycles. The highest BCUT2D eigenvalue weighted by Gasteiger charge is 2.47. The number of aliphatic hydroxyl groups is 1. The lowest BCUT2D eigenvalue weighted by Gasteiger charge is -2.01. The fourth-order valence-electron chi connectivity index (χ4n) is 3.07. The Balaban J connectivity index is 1.31. The third-order valence-electron chi connectivity index (χ3n) is 4.61. The third kappa shape index (κ3) is 6.11. The number of aliphatic hydroxyl groups excluding tert-OH is 1. The van der Waals surface area contributed by atoms with Gasteiger partial charge in [0.15, 0.2) is 0 Å². The van der Waals surface area contributed by atoms with Gasteiger partial charge in [0.2, 0.25) is 0 Å². The van der Waals surface area contributed by atoms with Crippen LogP contribution in [0.5, 0.6) is 0 Å². The molecule has 0 aliphatic carbocycles. The van der Waals surface area contributed by atoms with E-state index in [2.05, 4.69) is 6.92 Å². The van der Waals surface area contributed by atoms with E-state index >= 15 is 0 Å². The van der Waals surface area contributed by atoms with Gasteiger partial charge < -0.3 is 14.6 Å². The maximum atomic E-state index is 8.90. The van der Waals surface area contributed by atoms with E-state index in [-0.39, 0.29) is 18.8 Å². The summed E-state index contributed by atoms with van der Waals surface area (Å²) in [7, 11) is 0. The summed E-state index contributed by atoms with van der Waals surface area (Å²) in [5.41, 5.74) is 0. The summed E-state index contributed by atoms with van der Waals surface area (Å²) in [5.74, 6) is 0. The van der Waals surface area contributed by atoms with Gasteiger partial charge in [-0.05, 0) is 6.42 Å². The van der Waals surface area contributed by atoms with Crippen molar-refractivity contribution in [2.24, 2.45) is 0 Å². The van der Waals surface area contributed by atoms with Crippen LogP contribution in [-0.2, 0) is 9.47 Å². The monoisotopic (exact) mass is 284 g/mol. The van der Waals surface area contributed by atoms with Crippen LogP contribution in [0.25, 0.3) is 0 Å². The van der Waals surface area contributed by atoms with Crippen LogP contribution in [-0.4, -0.2) is 36.1 Å². The molecule has 0 aromatic carbocycles. The molecule has 118 valence electrons. The highest BCUT2D eigenvalue weighted by Crippen LogP contribution is 2.37. The maximum absolute atomic E-state index is 8.90. The highest BCUT2D eigenvalue weighted by atomic mass is 16.6. The fraction of sp³-hybridized carbons (Fsp3) is 1.00. The summed E-state index contributed by atoms with van der Waals surface area (Å²) in [4.78, 5) is 0. The molecule has 0 radical (unpaired) electrons. The second-order valence-electron chi connectivity index (χ2n) is 6.46. The molecule has 3 nitrogen and oxygen atoms in total. The van der Waals surface area contributed by atoms with Gasteiger partial charge in [-0.3, -0.25) is 0 Å². The topological polar surface area (TPSA) is 45.3 Å². The number of hydrogen-bond donors (Lipinski definition) is 1. The van der Waals surface area contributed by atoms with E-state index in [0.29, 0.717) is 12.2 Å².